The van der Waals surface area contributed by atoms with Gasteiger partial charge in [0, 0.05) is 30.2 Å². The Labute approximate surface area is 169 Å². The van der Waals surface area contributed by atoms with Crippen LogP contribution in [0.3, 0.4) is 0 Å². The third-order valence-electron chi connectivity index (χ3n) is 4.74. The predicted octanol–water partition coefficient (Wildman–Crippen LogP) is 2.27. The second-order valence-corrected chi connectivity index (χ2v) is 6.90. The Kier molecular flexibility index (Phi) is 6.75. The van der Waals surface area contributed by atoms with Crippen LogP contribution in [-0.2, 0) is 0 Å². The van der Waals surface area contributed by atoms with Gasteiger partial charge in [-0.15, -0.1) is 0 Å². The number of amides is 1. The number of carbonyl (C=O) groups is 1. The van der Waals surface area contributed by atoms with Crippen LogP contribution in [0, 0.1) is 5.41 Å². The Morgan fingerprint density at radius 3 is 2.66 bits per heavy atom. The maximum absolute atomic E-state index is 11.8. The van der Waals surface area contributed by atoms with Gasteiger partial charge in [-0.25, -0.2) is 9.97 Å². The lowest BCUT2D eigenvalue weighted by Gasteiger charge is -2.29. The molecule has 1 aliphatic rings. The summed E-state index contributed by atoms with van der Waals surface area (Å²) in [6, 6.07) is 9.64. The fourth-order valence-electron chi connectivity index (χ4n) is 3.20. The van der Waals surface area contributed by atoms with Crippen molar-refractivity contribution in [2.45, 2.75) is 37.8 Å². The van der Waals surface area contributed by atoms with Gasteiger partial charge in [0.25, 0.3) is 5.91 Å². The first-order valence-electron chi connectivity index (χ1n) is 9.55. The van der Waals surface area contributed by atoms with Crippen molar-refractivity contribution in [3.05, 3.63) is 54.1 Å². The molecule has 0 bridgehead atoms. The molecule has 1 fully saturated rings. The maximum Gasteiger partial charge on any atom is 0.271 e. The number of nitrogens with one attached hydrogen (secondary N) is 4. The van der Waals surface area contributed by atoms with E-state index in [1.54, 1.807) is 6.20 Å². The van der Waals surface area contributed by atoms with Gasteiger partial charge in [-0.2, -0.15) is 0 Å². The maximum atomic E-state index is 11.8. The zero-order chi connectivity index (χ0) is 20.6. The van der Waals surface area contributed by atoms with E-state index in [0.29, 0.717) is 11.5 Å². The highest BCUT2D eigenvalue weighted by Gasteiger charge is 2.23. The summed E-state index contributed by atoms with van der Waals surface area (Å²) in [4.78, 5) is 20.4. The van der Waals surface area contributed by atoms with E-state index in [1.807, 2.05) is 30.3 Å². The van der Waals surface area contributed by atoms with Crippen molar-refractivity contribution >= 4 is 29.4 Å². The lowest BCUT2D eigenvalue weighted by atomic mass is 9.91. The van der Waals surface area contributed by atoms with Gasteiger partial charge in [0.05, 0.1) is 11.9 Å². The van der Waals surface area contributed by atoms with Gasteiger partial charge in [0.1, 0.15) is 5.82 Å². The highest BCUT2D eigenvalue weighted by Crippen LogP contribution is 2.22. The predicted molar refractivity (Wildman–Crippen MR) is 115 cm³/mol. The first-order valence-corrected chi connectivity index (χ1v) is 9.55. The van der Waals surface area contributed by atoms with Gasteiger partial charge in [-0.05, 0) is 25.0 Å². The van der Waals surface area contributed by atoms with E-state index < -0.39 is 5.91 Å². The van der Waals surface area contributed by atoms with Gasteiger partial charge < -0.3 is 32.8 Å². The average molecular weight is 394 g/mol. The second-order valence-electron chi connectivity index (χ2n) is 6.90. The molecule has 0 aliphatic heterocycles. The summed E-state index contributed by atoms with van der Waals surface area (Å²) in [6.07, 6.45) is 8.33. The van der Waals surface area contributed by atoms with Gasteiger partial charge in [-0.1, -0.05) is 31.0 Å². The zero-order valence-electron chi connectivity index (χ0n) is 16.1. The third-order valence-corrected chi connectivity index (χ3v) is 4.74. The van der Waals surface area contributed by atoms with E-state index in [0.717, 1.165) is 37.6 Å². The lowest BCUT2D eigenvalue weighted by molar-refractivity contribution is 0.0996. The minimum absolute atomic E-state index is 0.00375. The fraction of sp³-hybridized carbons (Fsp3) is 0.300. The molecular weight excluding hydrogens is 368 g/mol. The number of carbonyl (C=O) groups excluding carboxylic acids is 1. The smallest absolute Gasteiger partial charge is 0.271 e. The number of nitrogens with zero attached hydrogens (tertiary/aromatic N) is 2. The SMILES string of the molecule is N=C/C(=C\Nc1ccccc1)Nc1nc(N[C@@H]2CCCC[C@@H]2N)cnc1C(N)=O. The quantitative estimate of drug-likeness (QED) is 0.375. The van der Waals surface area contributed by atoms with Crippen LogP contribution in [0.4, 0.5) is 17.3 Å². The van der Waals surface area contributed by atoms with Crippen molar-refractivity contribution in [3.8, 4) is 0 Å². The summed E-state index contributed by atoms with van der Waals surface area (Å²) in [5.41, 5.74) is 12.9. The topological polar surface area (TPSA) is 155 Å². The Bertz CT molecular complexity index is 883. The summed E-state index contributed by atoms with van der Waals surface area (Å²) in [7, 11) is 0. The molecule has 1 saturated carbocycles. The second kappa shape index (κ2) is 9.65. The molecule has 8 N–H and O–H groups in total. The molecule has 1 aromatic heterocycles. The van der Waals surface area contributed by atoms with Crippen molar-refractivity contribution in [1.29, 1.82) is 5.41 Å². The first kappa shape index (κ1) is 20.3. The Morgan fingerprint density at radius 1 is 1.21 bits per heavy atom. The molecule has 2 atom stereocenters. The first-order chi connectivity index (χ1) is 14.1. The van der Waals surface area contributed by atoms with Gasteiger partial charge in [-0.3, -0.25) is 4.79 Å². The van der Waals surface area contributed by atoms with Crippen molar-refractivity contribution in [2.75, 3.05) is 16.0 Å². The number of primary amides is 1. The minimum atomic E-state index is -0.707. The van der Waals surface area contributed by atoms with E-state index in [1.165, 1.54) is 6.20 Å². The van der Waals surface area contributed by atoms with E-state index in [9.17, 15) is 4.79 Å². The van der Waals surface area contributed by atoms with Crippen molar-refractivity contribution in [1.82, 2.24) is 9.97 Å². The van der Waals surface area contributed by atoms with Gasteiger partial charge >= 0.3 is 0 Å². The van der Waals surface area contributed by atoms with Crippen LogP contribution >= 0.6 is 0 Å². The van der Waals surface area contributed by atoms with Crippen LogP contribution in [0.25, 0.3) is 0 Å². The molecule has 0 radical (unpaired) electrons. The number of hydrogen-bond acceptors (Lipinski definition) is 8. The van der Waals surface area contributed by atoms with E-state index >= 15 is 0 Å². The Balaban J connectivity index is 1.79. The molecule has 2 aromatic rings. The molecular formula is C20H26N8O. The Hall–Kier alpha value is -3.46. The van der Waals surface area contributed by atoms with Crippen LogP contribution in [0.2, 0.25) is 0 Å². The average Bonchev–Trinajstić information content (AvgIpc) is 2.73. The number of benzene rings is 1. The molecule has 0 unspecified atom stereocenters. The summed E-state index contributed by atoms with van der Waals surface area (Å²) in [5.74, 6) is -0.0297. The third kappa shape index (κ3) is 5.52. The lowest BCUT2D eigenvalue weighted by Crippen LogP contribution is -2.42. The molecule has 1 amide bonds. The molecule has 0 saturated heterocycles. The number of hydrogen-bond donors (Lipinski definition) is 6. The monoisotopic (exact) mass is 394 g/mol. The minimum Gasteiger partial charge on any atom is -0.364 e. The number of para-hydroxylation sites is 1. The molecule has 9 heteroatoms. The molecule has 3 rings (SSSR count). The van der Waals surface area contributed by atoms with Crippen LogP contribution in [-0.4, -0.2) is 34.2 Å². The normalized spacial score (nSPS) is 19.3. The molecule has 9 nitrogen and oxygen atoms in total. The number of allylic oxidation sites excluding steroid dienone is 1. The zero-order valence-corrected chi connectivity index (χ0v) is 16.1. The highest BCUT2D eigenvalue weighted by atomic mass is 16.1. The van der Waals surface area contributed by atoms with Crippen LogP contribution in [0.15, 0.2) is 48.4 Å². The number of nitrogens with two attached hydrogens (primary N) is 2. The fourth-order valence-corrected chi connectivity index (χ4v) is 3.20. The molecule has 29 heavy (non-hydrogen) atoms. The van der Waals surface area contributed by atoms with Crippen molar-refractivity contribution in [2.24, 2.45) is 11.5 Å². The summed E-state index contributed by atoms with van der Waals surface area (Å²) in [6.45, 7) is 0. The number of anilines is 3. The molecule has 1 aromatic carbocycles. The van der Waals surface area contributed by atoms with Crippen LogP contribution in [0.1, 0.15) is 36.2 Å². The van der Waals surface area contributed by atoms with E-state index in [-0.39, 0.29) is 23.6 Å². The standard InChI is InChI=1S/C20H26N8O/c21-10-14(11-24-13-6-2-1-3-7-13)26-20-18(19(23)29)25-12-17(28-20)27-16-9-5-4-8-15(16)22/h1-3,6-7,10-12,15-16,21,24H,4-5,8-9,22H2,(H2,23,29)(H2,26,27,28)/b14-11+,21-10?/t15-,16+/m0/s1. The van der Waals surface area contributed by atoms with Crippen molar-refractivity contribution in [3.63, 3.8) is 0 Å². The number of rotatable bonds is 8. The van der Waals surface area contributed by atoms with Gasteiger partial charge in [0.15, 0.2) is 11.5 Å². The summed E-state index contributed by atoms with van der Waals surface area (Å²) in [5, 5.41) is 17.0. The number of aromatic nitrogens is 2. The summed E-state index contributed by atoms with van der Waals surface area (Å²) < 4.78 is 0. The van der Waals surface area contributed by atoms with Gasteiger partial charge in [0.2, 0.25) is 0 Å². The van der Waals surface area contributed by atoms with E-state index in [4.69, 9.17) is 16.9 Å². The molecule has 1 heterocycles. The molecule has 1 aliphatic carbocycles. The van der Waals surface area contributed by atoms with E-state index in [2.05, 4.69) is 25.9 Å². The highest BCUT2D eigenvalue weighted by molar-refractivity contribution is 5.97. The molecule has 0 spiro atoms. The van der Waals surface area contributed by atoms with Crippen LogP contribution in [0.5, 0.6) is 0 Å². The largest absolute Gasteiger partial charge is 0.364 e. The van der Waals surface area contributed by atoms with Crippen LogP contribution < -0.4 is 27.4 Å². The summed E-state index contributed by atoms with van der Waals surface area (Å²) >= 11 is 0. The Morgan fingerprint density at radius 2 is 1.97 bits per heavy atom. The van der Waals surface area contributed by atoms with Crippen molar-refractivity contribution < 1.29 is 4.79 Å². The molecule has 152 valence electrons.